The fourth-order valence-electron chi connectivity index (χ4n) is 9.28. The molecule has 6 nitrogen and oxygen atoms in total. The van der Waals surface area contributed by atoms with Gasteiger partial charge in [0.1, 0.15) is 13.2 Å². The molecular weight excluding hydrogens is 817 g/mol. The summed E-state index contributed by atoms with van der Waals surface area (Å²) < 4.78 is 16.9. The van der Waals surface area contributed by atoms with Crippen molar-refractivity contribution < 1.29 is 28.6 Å². The third-order valence-corrected chi connectivity index (χ3v) is 13.8. The standard InChI is InChI=1S/C60H116O6/c1-5-7-9-11-13-15-17-18-19-20-21-22-27-30-33-37-41-45-49-53-60(63)66-57(54-64-58(61)51-47-43-39-35-16-14-12-10-8-6-2)55-65-59(62)52-48-44-40-36-32-29-26-24-23-25-28-31-34-38-42-46-50-56(3)4/h56-57H,5-55H2,1-4H3/t57-/m0/s1. The molecule has 0 heterocycles. The van der Waals surface area contributed by atoms with Gasteiger partial charge in [-0.1, -0.05) is 304 Å². The fraction of sp³-hybridized carbons (Fsp3) is 0.950. The SMILES string of the molecule is CCCCCCCCCCCCCCCCCCCCCC(=O)O[C@@H](COC(=O)CCCCCCCCCCCC)COC(=O)CCCCCCCCCCCCCCCCCCC(C)C. The lowest BCUT2D eigenvalue weighted by Gasteiger charge is -2.18. The lowest BCUT2D eigenvalue weighted by molar-refractivity contribution is -0.167. The molecular formula is C60H116O6. The van der Waals surface area contributed by atoms with E-state index >= 15 is 0 Å². The molecule has 0 rings (SSSR count). The first-order valence-electron chi connectivity index (χ1n) is 29.9. The van der Waals surface area contributed by atoms with E-state index in [1.165, 1.54) is 238 Å². The van der Waals surface area contributed by atoms with Gasteiger partial charge >= 0.3 is 17.9 Å². The Morgan fingerprint density at radius 3 is 0.742 bits per heavy atom. The molecule has 0 bridgehead atoms. The summed E-state index contributed by atoms with van der Waals surface area (Å²) in [5.74, 6) is 0.0177. The minimum atomic E-state index is -0.761. The quantitative estimate of drug-likeness (QED) is 0.0343. The molecule has 0 unspecified atom stereocenters. The van der Waals surface area contributed by atoms with Crippen LogP contribution in [0.15, 0.2) is 0 Å². The maximum Gasteiger partial charge on any atom is 0.306 e. The van der Waals surface area contributed by atoms with Crippen LogP contribution in [0.1, 0.15) is 342 Å². The Labute approximate surface area is 412 Å². The van der Waals surface area contributed by atoms with Crippen molar-refractivity contribution in [2.24, 2.45) is 5.92 Å². The van der Waals surface area contributed by atoms with Gasteiger partial charge in [-0.05, 0) is 25.2 Å². The molecule has 66 heavy (non-hydrogen) atoms. The van der Waals surface area contributed by atoms with Gasteiger partial charge < -0.3 is 14.2 Å². The normalized spacial score (nSPS) is 12.0. The van der Waals surface area contributed by atoms with E-state index in [1.807, 2.05) is 0 Å². The molecule has 0 spiro atoms. The van der Waals surface area contributed by atoms with Crippen LogP contribution in [-0.4, -0.2) is 37.2 Å². The molecule has 0 aliphatic rings. The molecule has 0 aromatic rings. The molecule has 0 aromatic heterocycles. The Balaban J connectivity index is 4.21. The van der Waals surface area contributed by atoms with Crippen molar-refractivity contribution >= 4 is 17.9 Å². The second-order valence-electron chi connectivity index (χ2n) is 21.1. The van der Waals surface area contributed by atoms with Crippen LogP contribution in [0.2, 0.25) is 0 Å². The third kappa shape index (κ3) is 53.4. The highest BCUT2D eigenvalue weighted by atomic mass is 16.6. The van der Waals surface area contributed by atoms with Gasteiger partial charge in [0.25, 0.3) is 0 Å². The highest BCUT2D eigenvalue weighted by Gasteiger charge is 2.19. The average molecular weight is 934 g/mol. The number of hydrogen-bond acceptors (Lipinski definition) is 6. The molecule has 0 saturated heterocycles. The van der Waals surface area contributed by atoms with Crippen molar-refractivity contribution in [3.63, 3.8) is 0 Å². The first-order valence-corrected chi connectivity index (χ1v) is 29.9. The summed E-state index contributed by atoms with van der Waals surface area (Å²) in [5.41, 5.74) is 0. The van der Waals surface area contributed by atoms with Gasteiger partial charge in [-0.15, -0.1) is 0 Å². The summed E-state index contributed by atoms with van der Waals surface area (Å²) in [6.45, 7) is 9.07. The predicted molar refractivity (Wildman–Crippen MR) is 284 cm³/mol. The van der Waals surface area contributed by atoms with Crippen molar-refractivity contribution in [1.29, 1.82) is 0 Å². The number of carbonyl (C=O) groups is 3. The van der Waals surface area contributed by atoms with Crippen LogP contribution in [-0.2, 0) is 28.6 Å². The van der Waals surface area contributed by atoms with Crippen molar-refractivity contribution in [1.82, 2.24) is 0 Å². The number of esters is 3. The van der Waals surface area contributed by atoms with Gasteiger partial charge in [-0.2, -0.15) is 0 Å². The van der Waals surface area contributed by atoms with Gasteiger partial charge in [-0.25, -0.2) is 0 Å². The molecule has 0 saturated carbocycles. The summed E-state index contributed by atoms with van der Waals surface area (Å²) in [6.07, 6.45) is 59.6. The van der Waals surface area contributed by atoms with E-state index in [0.717, 1.165) is 63.7 Å². The Morgan fingerprint density at radius 1 is 0.288 bits per heavy atom. The molecule has 392 valence electrons. The average Bonchev–Trinajstić information content (AvgIpc) is 3.30. The van der Waals surface area contributed by atoms with Crippen LogP contribution in [0.4, 0.5) is 0 Å². The monoisotopic (exact) mass is 933 g/mol. The van der Waals surface area contributed by atoms with Crippen molar-refractivity contribution in [3.8, 4) is 0 Å². The maximum absolute atomic E-state index is 12.9. The van der Waals surface area contributed by atoms with Crippen LogP contribution in [0, 0.1) is 5.92 Å². The second-order valence-corrected chi connectivity index (χ2v) is 21.1. The Bertz CT molecular complexity index is 996. The number of carbonyl (C=O) groups excluding carboxylic acids is 3. The first kappa shape index (κ1) is 64.4. The van der Waals surface area contributed by atoms with Crippen LogP contribution in [0.3, 0.4) is 0 Å². The lowest BCUT2D eigenvalue weighted by atomic mass is 10.0. The number of unbranched alkanes of at least 4 members (excludes halogenated alkanes) is 42. The topological polar surface area (TPSA) is 78.9 Å². The van der Waals surface area contributed by atoms with E-state index < -0.39 is 6.10 Å². The smallest absolute Gasteiger partial charge is 0.306 e. The van der Waals surface area contributed by atoms with Crippen LogP contribution < -0.4 is 0 Å². The van der Waals surface area contributed by atoms with E-state index in [0.29, 0.717) is 19.3 Å². The van der Waals surface area contributed by atoms with E-state index in [4.69, 9.17) is 14.2 Å². The zero-order chi connectivity index (χ0) is 48.1. The first-order chi connectivity index (χ1) is 32.4. The molecule has 0 aliphatic heterocycles. The summed E-state index contributed by atoms with van der Waals surface area (Å²) in [7, 11) is 0. The summed E-state index contributed by atoms with van der Waals surface area (Å²) in [4.78, 5) is 38.1. The van der Waals surface area contributed by atoms with E-state index in [-0.39, 0.29) is 31.1 Å². The van der Waals surface area contributed by atoms with Gasteiger partial charge in [0.15, 0.2) is 6.10 Å². The van der Waals surface area contributed by atoms with Gasteiger partial charge in [0.2, 0.25) is 0 Å². The van der Waals surface area contributed by atoms with Crippen molar-refractivity contribution in [2.45, 2.75) is 348 Å². The minimum Gasteiger partial charge on any atom is -0.462 e. The summed E-state index contributed by atoms with van der Waals surface area (Å²) in [6, 6.07) is 0. The van der Waals surface area contributed by atoms with E-state index in [9.17, 15) is 14.4 Å². The largest absolute Gasteiger partial charge is 0.462 e. The highest BCUT2D eigenvalue weighted by Crippen LogP contribution is 2.18. The summed E-state index contributed by atoms with van der Waals surface area (Å²) in [5, 5.41) is 0. The van der Waals surface area contributed by atoms with Gasteiger partial charge in [0, 0.05) is 19.3 Å². The van der Waals surface area contributed by atoms with Gasteiger partial charge in [0.05, 0.1) is 0 Å². The highest BCUT2D eigenvalue weighted by molar-refractivity contribution is 5.71. The third-order valence-electron chi connectivity index (χ3n) is 13.8. The molecule has 0 fully saturated rings. The minimum absolute atomic E-state index is 0.0618. The summed E-state index contributed by atoms with van der Waals surface area (Å²) >= 11 is 0. The molecule has 0 N–H and O–H groups in total. The number of rotatable bonds is 55. The molecule has 0 aromatic carbocycles. The molecule has 0 aliphatic carbocycles. The van der Waals surface area contributed by atoms with Crippen LogP contribution in [0.25, 0.3) is 0 Å². The van der Waals surface area contributed by atoms with E-state index in [1.54, 1.807) is 0 Å². The van der Waals surface area contributed by atoms with Crippen molar-refractivity contribution in [2.75, 3.05) is 13.2 Å². The Kier molecular flexibility index (Phi) is 53.0. The Morgan fingerprint density at radius 2 is 0.500 bits per heavy atom. The van der Waals surface area contributed by atoms with E-state index in [2.05, 4.69) is 27.7 Å². The number of hydrogen-bond donors (Lipinski definition) is 0. The van der Waals surface area contributed by atoms with Crippen LogP contribution in [0.5, 0.6) is 0 Å². The molecule has 1 atom stereocenters. The van der Waals surface area contributed by atoms with Crippen LogP contribution >= 0.6 is 0 Å². The Hall–Kier alpha value is -1.59. The lowest BCUT2D eigenvalue weighted by Crippen LogP contribution is -2.30. The predicted octanol–water partition coefficient (Wildman–Crippen LogP) is 19.8. The fourth-order valence-corrected chi connectivity index (χ4v) is 9.28. The maximum atomic E-state index is 12.9. The van der Waals surface area contributed by atoms with Crippen molar-refractivity contribution in [3.05, 3.63) is 0 Å². The van der Waals surface area contributed by atoms with Gasteiger partial charge in [-0.3, -0.25) is 14.4 Å². The molecule has 0 amide bonds. The number of ether oxygens (including phenoxy) is 3. The zero-order valence-corrected chi connectivity index (χ0v) is 45.2. The zero-order valence-electron chi connectivity index (χ0n) is 45.2. The molecule has 0 radical (unpaired) electrons. The molecule has 6 heteroatoms. The second kappa shape index (κ2) is 54.4.